The maximum absolute atomic E-state index is 12.3. The largest absolute Gasteiger partial charge is 0.497 e. The van der Waals surface area contributed by atoms with Gasteiger partial charge in [-0.3, -0.25) is 4.79 Å². The van der Waals surface area contributed by atoms with E-state index < -0.39 is 0 Å². The second-order valence-electron chi connectivity index (χ2n) is 6.36. The van der Waals surface area contributed by atoms with E-state index in [1.807, 2.05) is 23.1 Å². The molecule has 1 aliphatic heterocycles. The van der Waals surface area contributed by atoms with Gasteiger partial charge in [-0.05, 0) is 60.9 Å². The number of benzene rings is 2. The second kappa shape index (κ2) is 8.99. The minimum absolute atomic E-state index is 0.0541. The molecule has 0 unspecified atom stereocenters. The summed E-state index contributed by atoms with van der Waals surface area (Å²) in [5.41, 5.74) is 2.10. The fourth-order valence-electron chi connectivity index (χ4n) is 3.10. The highest BCUT2D eigenvalue weighted by atomic mass is 32.2. The van der Waals surface area contributed by atoms with Gasteiger partial charge < -0.3 is 14.4 Å². The number of thioether (sulfide) groups is 1. The molecule has 3 rings (SSSR count). The van der Waals surface area contributed by atoms with Crippen molar-refractivity contribution in [2.45, 2.75) is 24.2 Å². The van der Waals surface area contributed by atoms with E-state index in [0.29, 0.717) is 5.75 Å². The molecule has 1 amide bonds. The number of amides is 1. The number of piperidine rings is 1. The van der Waals surface area contributed by atoms with Crippen LogP contribution in [-0.4, -0.2) is 43.9 Å². The van der Waals surface area contributed by atoms with Gasteiger partial charge in [-0.1, -0.05) is 12.1 Å². The molecule has 0 radical (unpaired) electrons. The number of rotatable bonds is 6. The van der Waals surface area contributed by atoms with Crippen LogP contribution in [-0.2, 0) is 4.79 Å². The molecule has 0 aromatic heterocycles. The molecule has 5 heteroatoms. The number of ether oxygens (including phenoxy) is 2. The molecule has 2 aromatic rings. The molecule has 4 nitrogen and oxygen atoms in total. The minimum Gasteiger partial charge on any atom is -0.497 e. The predicted molar refractivity (Wildman–Crippen MR) is 106 cm³/mol. The Morgan fingerprint density at radius 2 is 1.69 bits per heavy atom. The number of nitrogens with zero attached hydrogens (tertiary/aromatic N) is 1. The van der Waals surface area contributed by atoms with Crippen molar-refractivity contribution >= 4 is 17.7 Å². The molecule has 0 saturated carbocycles. The van der Waals surface area contributed by atoms with Gasteiger partial charge in [0.2, 0.25) is 0 Å². The van der Waals surface area contributed by atoms with Crippen LogP contribution in [0.5, 0.6) is 11.5 Å². The topological polar surface area (TPSA) is 38.8 Å². The molecule has 0 aliphatic carbocycles. The molecule has 1 aliphatic rings. The zero-order valence-corrected chi connectivity index (χ0v) is 16.2. The first kappa shape index (κ1) is 18.6. The Morgan fingerprint density at radius 3 is 2.35 bits per heavy atom. The van der Waals surface area contributed by atoms with Crippen molar-refractivity contribution in [3.63, 3.8) is 0 Å². The molecule has 1 heterocycles. The molecule has 0 atom stereocenters. The Kier molecular flexibility index (Phi) is 6.45. The van der Waals surface area contributed by atoms with Gasteiger partial charge in [-0.2, -0.15) is 0 Å². The van der Waals surface area contributed by atoms with Crippen molar-refractivity contribution in [3.8, 4) is 22.6 Å². The average molecular weight is 372 g/mol. The van der Waals surface area contributed by atoms with Crippen LogP contribution in [0.4, 0.5) is 0 Å². The standard InChI is InChI=1S/C21H25NO3S/c1-24-18-12-17(16-6-8-20(26-2)9-7-16)13-19(14-18)25-15-21(23)22-10-4-3-5-11-22/h6-9,12-14H,3-5,10-11,15H2,1-2H3. The molecule has 1 fully saturated rings. The summed E-state index contributed by atoms with van der Waals surface area (Å²) >= 11 is 1.72. The third-order valence-corrected chi connectivity index (χ3v) is 5.35. The lowest BCUT2D eigenvalue weighted by Gasteiger charge is -2.26. The van der Waals surface area contributed by atoms with Crippen LogP contribution >= 0.6 is 11.8 Å². The van der Waals surface area contributed by atoms with Gasteiger partial charge in [0.1, 0.15) is 11.5 Å². The molecule has 0 N–H and O–H groups in total. The van der Waals surface area contributed by atoms with E-state index in [4.69, 9.17) is 9.47 Å². The lowest BCUT2D eigenvalue weighted by Crippen LogP contribution is -2.38. The summed E-state index contributed by atoms with van der Waals surface area (Å²) < 4.78 is 11.2. The third kappa shape index (κ3) is 4.73. The lowest BCUT2D eigenvalue weighted by molar-refractivity contribution is -0.134. The van der Waals surface area contributed by atoms with Gasteiger partial charge in [-0.25, -0.2) is 0 Å². The number of methoxy groups -OCH3 is 1. The number of hydrogen-bond donors (Lipinski definition) is 0. The minimum atomic E-state index is 0.0541. The van der Waals surface area contributed by atoms with E-state index in [1.54, 1.807) is 18.9 Å². The quantitative estimate of drug-likeness (QED) is 0.702. The van der Waals surface area contributed by atoms with Crippen molar-refractivity contribution in [1.82, 2.24) is 4.90 Å². The molecule has 138 valence electrons. The van der Waals surface area contributed by atoms with E-state index in [0.717, 1.165) is 42.8 Å². The van der Waals surface area contributed by atoms with Crippen LogP contribution in [0.2, 0.25) is 0 Å². The molecule has 26 heavy (non-hydrogen) atoms. The molecular weight excluding hydrogens is 346 g/mol. The first-order chi connectivity index (χ1) is 12.7. The van der Waals surface area contributed by atoms with E-state index >= 15 is 0 Å². The number of likely N-dealkylation sites (tertiary alicyclic amines) is 1. The summed E-state index contributed by atoms with van der Waals surface area (Å²) in [6.07, 6.45) is 5.44. The summed E-state index contributed by atoms with van der Waals surface area (Å²) in [5.74, 6) is 1.42. The zero-order chi connectivity index (χ0) is 18.4. The van der Waals surface area contributed by atoms with Crippen LogP contribution in [0.3, 0.4) is 0 Å². The Labute approximate surface area is 159 Å². The van der Waals surface area contributed by atoms with Gasteiger partial charge in [-0.15, -0.1) is 11.8 Å². The molecule has 0 bridgehead atoms. The van der Waals surface area contributed by atoms with Crippen molar-refractivity contribution < 1.29 is 14.3 Å². The molecule has 0 spiro atoms. The number of carbonyl (C=O) groups excluding carboxylic acids is 1. The zero-order valence-electron chi connectivity index (χ0n) is 15.4. The van der Waals surface area contributed by atoms with Gasteiger partial charge in [0, 0.05) is 24.1 Å². The summed E-state index contributed by atoms with van der Waals surface area (Å²) in [6, 6.07) is 14.1. The summed E-state index contributed by atoms with van der Waals surface area (Å²) in [5, 5.41) is 0. The van der Waals surface area contributed by atoms with Gasteiger partial charge in [0.05, 0.1) is 7.11 Å². The summed E-state index contributed by atoms with van der Waals surface area (Å²) in [6.45, 7) is 1.75. The van der Waals surface area contributed by atoms with Crippen LogP contribution in [0.1, 0.15) is 19.3 Å². The van der Waals surface area contributed by atoms with Crippen molar-refractivity contribution in [2.75, 3.05) is 33.1 Å². The van der Waals surface area contributed by atoms with E-state index in [2.05, 4.69) is 30.5 Å². The maximum Gasteiger partial charge on any atom is 0.260 e. The predicted octanol–water partition coefficient (Wildman–Crippen LogP) is 4.48. The highest BCUT2D eigenvalue weighted by Crippen LogP contribution is 2.31. The van der Waals surface area contributed by atoms with Crippen molar-refractivity contribution in [2.24, 2.45) is 0 Å². The van der Waals surface area contributed by atoms with Gasteiger partial charge >= 0.3 is 0 Å². The fourth-order valence-corrected chi connectivity index (χ4v) is 3.51. The molecule has 1 saturated heterocycles. The van der Waals surface area contributed by atoms with Gasteiger partial charge in [0.15, 0.2) is 6.61 Å². The number of carbonyl (C=O) groups is 1. The van der Waals surface area contributed by atoms with Crippen molar-refractivity contribution in [1.29, 1.82) is 0 Å². The van der Waals surface area contributed by atoms with Gasteiger partial charge in [0.25, 0.3) is 5.91 Å². The highest BCUT2D eigenvalue weighted by molar-refractivity contribution is 7.98. The van der Waals surface area contributed by atoms with Crippen LogP contribution in [0, 0.1) is 0 Å². The van der Waals surface area contributed by atoms with Crippen LogP contribution in [0.25, 0.3) is 11.1 Å². The van der Waals surface area contributed by atoms with E-state index in [-0.39, 0.29) is 12.5 Å². The maximum atomic E-state index is 12.3. The lowest BCUT2D eigenvalue weighted by atomic mass is 10.1. The summed E-state index contributed by atoms with van der Waals surface area (Å²) in [7, 11) is 1.64. The van der Waals surface area contributed by atoms with Crippen LogP contribution in [0.15, 0.2) is 47.4 Å². The average Bonchev–Trinajstić information content (AvgIpc) is 2.72. The molecular formula is C21H25NO3S. The Hall–Kier alpha value is -2.14. The van der Waals surface area contributed by atoms with E-state index in [9.17, 15) is 4.79 Å². The first-order valence-corrected chi connectivity index (χ1v) is 10.2. The Morgan fingerprint density at radius 1 is 1.00 bits per heavy atom. The first-order valence-electron chi connectivity index (χ1n) is 8.93. The second-order valence-corrected chi connectivity index (χ2v) is 7.24. The Balaban J connectivity index is 1.73. The van der Waals surface area contributed by atoms with E-state index in [1.165, 1.54) is 11.3 Å². The molecule has 2 aromatic carbocycles. The monoisotopic (exact) mass is 371 g/mol. The van der Waals surface area contributed by atoms with Crippen molar-refractivity contribution in [3.05, 3.63) is 42.5 Å². The smallest absolute Gasteiger partial charge is 0.260 e. The highest BCUT2D eigenvalue weighted by Gasteiger charge is 2.17. The normalized spacial score (nSPS) is 14.2. The third-order valence-electron chi connectivity index (χ3n) is 4.61. The fraction of sp³-hybridized carbons (Fsp3) is 0.381. The Bertz CT molecular complexity index is 739. The SMILES string of the molecule is COc1cc(OCC(=O)N2CCCCC2)cc(-c2ccc(SC)cc2)c1. The summed E-state index contributed by atoms with van der Waals surface area (Å²) in [4.78, 5) is 15.4. The number of hydrogen-bond acceptors (Lipinski definition) is 4. The van der Waals surface area contributed by atoms with Crippen LogP contribution < -0.4 is 9.47 Å².